The van der Waals surface area contributed by atoms with Gasteiger partial charge in [-0.3, -0.25) is 4.79 Å². The number of carbonyl (C=O) groups is 1. The Balaban J connectivity index is 1.74. The summed E-state index contributed by atoms with van der Waals surface area (Å²) >= 11 is 6.06. The number of amides is 1. The molecular weight excluding hydrogens is 404 g/mol. The monoisotopic (exact) mass is 432 g/mol. The quantitative estimate of drug-likeness (QED) is 0.464. The molecule has 0 radical (unpaired) electrons. The Morgan fingerprint density at radius 1 is 1.00 bits per heavy atom. The van der Waals surface area contributed by atoms with Gasteiger partial charge in [0.05, 0.1) is 6.04 Å². The van der Waals surface area contributed by atoms with Crippen LogP contribution in [-0.2, 0) is 4.79 Å². The molecule has 0 saturated heterocycles. The Hall–Kier alpha value is -2.78. The third-order valence-corrected chi connectivity index (χ3v) is 6.37. The van der Waals surface area contributed by atoms with Crippen LogP contribution < -0.4 is 10.2 Å². The van der Waals surface area contributed by atoms with Crippen LogP contribution in [-0.4, -0.2) is 11.9 Å². The molecule has 2 atom stereocenters. The van der Waals surface area contributed by atoms with Crippen LogP contribution in [0.15, 0.2) is 66.7 Å². The molecule has 1 amide bonds. The molecule has 0 aliphatic carbocycles. The second kappa shape index (κ2) is 8.76. The van der Waals surface area contributed by atoms with Gasteiger partial charge in [-0.15, -0.1) is 0 Å². The molecule has 0 spiro atoms. The van der Waals surface area contributed by atoms with Crippen LogP contribution in [0.1, 0.15) is 57.2 Å². The molecule has 4 heteroatoms. The highest BCUT2D eigenvalue weighted by molar-refractivity contribution is 6.30. The van der Waals surface area contributed by atoms with Gasteiger partial charge in [0, 0.05) is 29.4 Å². The van der Waals surface area contributed by atoms with Crippen molar-refractivity contribution in [3.8, 4) is 11.1 Å². The molecule has 1 aliphatic rings. The molecular formula is C27H29ClN2O. The van der Waals surface area contributed by atoms with Crippen molar-refractivity contribution in [2.75, 3.05) is 10.2 Å². The van der Waals surface area contributed by atoms with Crippen LogP contribution in [0.5, 0.6) is 0 Å². The number of hydrogen-bond donors (Lipinski definition) is 1. The molecule has 0 bridgehead atoms. The average molecular weight is 433 g/mol. The van der Waals surface area contributed by atoms with Gasteiger partial charge in [-0.1, -0.05) is 55.8 Å². The van der Waals surface area contributed by atoms with E-state index in [1.165, 1.54) is 11.1 Å². The van der Waals surface area contributed by atoms with Gasteiger partial charge in [0.2, 0.25) is 5.91 Å². The first-order valence-electron chi connectivity index (χ1n) is 10.9. The second-order valence-electron chi connectivity index (χ2n) is 8.73. The van der Waals surface area contributed by atoms with Crippen molar-refractivity contribution in [2.45, 2.75) is 52.1 Å². The summed E-state index contributed by atoms with van der Waals surface area (Å²) in [5.41, 5.74) is 6.84. The fourth-order valence-corrected chi connectivity index (χ4v) is 4.59. The minimum atomic E-state index is 0.0766. The number of carbonyl (C=O) groups excluding carboxylic acids is 1. The van der Waals surface area contributed by atoms with Crippen molar-refractivity contribution in [1.29, 1.82) is 0 Å². The van der Waals surface area contributed by atoms with E-state index in [2.05, 4.69) is 68.6 Å². The molecule has 0 aromatic heterocycles. The van der Waals surface area contributed by atoms with Crippen molar-refractivity contribution in [1.82, 2.24) is 0 Å². The lowest BCUT2D eigenvalue weighted by Gasteiger charge is -2.39. The zero-order valence-corrected chi connectivity index (χ0v) is 19.3. The van der Waals surface area contributed by atoms with Crippen LogP contribution in [0.3, 0.4) is 0 Å². The summed E-state index contributed by atoms with van der Waals surface area (Å²) < 4.78 is 0. The van der Waals surface area contributed by atoms with Gasteiger partial charge in [0.25, 0.3) is 0 Å². The van der Waals surface area contributed by atoms with E-state index < -0.39 is 0 Å². The van der Waals surface area contributed by atoms with E-state index in [4.69, 9.17) is 11.6 Å². The van der Waals surface area contributed by atoms with Gasteiger partial charge in [-0.2, -0.15) is 0 Å². The van der Waals surface area contributed by atoms with Gasteiger partial charge in [-0.25, -0.2) is 0 Å². The molecule has 3 aromatic rings. The van der Waals surface area contributed by atoms with Gasteiger partial charge in [-0.05, 0) is 77.9 Å². The minimum absolute atomic E-state index is 0.0766. The molecule has 1 heterocycles. The minimum Gasteiger partial charge on any atom is -0.378 e. The average Bonchev–Trinajstić information content (AvgIpc) is 2.75. The Morgan fingerprint density at radius 3 is 2.26 bits per heavy atom. The lowest BCUT2D eigenvalue weighted by atomic mass is 9.88. The summed E-state index contributed by atoms with van der Waals surface area (Å²) in [4.78, 5) is 14.3. The van der Waals surface area contributed by atoms with Crippen LogP contribution in [0.4, 0.5) is 11.4 Å². The highest BCUT2D eigenvalue weighted by Crippen LogP contribution is 2.41. The van der Waals surface area contributed by atoms with E-state index in [1.54, 1.807) is 6.92 Å². The lowest BCUT2D eigenvalue weighted by molar-refractivity contribution is -0.117. The van der Waals surface area contributed by atoms with Crippen molar-refractivity contribution < 1.29 is 4.79 Å². The topological polar surface area (TPSA) is 32.3 Å². The van der Waals surface area contributed by atoms with Crippen molar-refractivity contribution in [3.05, 3.63) is 82.9 Å². The molecule has 3 nitrogen and oxygen atoms in total. The van der Waals surface area contributed by atoms with Crippen molar-refractivity contribution >= 4 is 28.9 Å². The number of fused-ring (bicyclic) bond motifs is 1. The molecule has 1 unspecified atom stereocenters. The molecule has 1 N–H and O–H groups in total. The van der Waals surface area contributed by atoms with E-state index in [1.807, 2.05) is 29.2 Å². The zero-order chi connectivity index (χ0) is 22.1. The highest BCUT2D eigenvalue weighted by Gasteiger charge is 2.32. The predicted octanol–water partition coefficient (Wildman–Crippen LogP) is 7.43. The molecule has 4 rings (SSSR count). The van der Waals surface area contributed by atoms with Crippen LogP contribution in [0.2, 0.25) is 5.02 Å². The summed E-state index contributed by atoms with van der Waals surface area (Å²) in [5, 5.41) is 4.38. The Kier molecular flexibility index (Phi) is 6.06. The normalized spacial score (nSPS) is 18.1. The molecule has 3 aromatic carbocycles. The smallest absolute Gasteiger partial charge is 0.224 e. The molecule has 31 heavy (non-hydrogen) atoms. The summed E-state index contributed by atoms with van der Waals surface area (Å²) in [6.07, 6.45) is 0.838. The maximum atomic E-state index is 12.4. The predicted molar refractivity (Wildman–Crippen MR) is 131 cm³/mol. The summed E-state index contributed by atoms with van der Waals surface area (Å²) in [6.45, 7) is 8.17. The molecule has 0 saturated carbocycles. The van der Waals surface area contributed by atoms with E-state index in [-0.39, 0.29) is 18.0 Å². The fourth-order valence-electron chi connectivity index (χ4n) is 4.47. The molecule has 0 fully saturated rings. The van der Waals surface area contributed by atoms with Crippen molar-refractivity contribution in [3.63, 3.8) is 0 Å². The lowest BCUT2D eigenvalue weighted by Crippen LogP contribution is -2.43. The number of hydrogen-bond acceptors (Lipinski definition) is 2. The second-order valence-corrected chi connectivity index (χ2v) is 9.16. The number of rotatable bonds is 4. The van der Waals surface area contributed by atoms with Crippen LogP contribution in [0.25, 0.3) is 11.1 Å². The van der Waals surface area contributed by atoms with Crippen LogP contribution >= 0.6 is 11.6 Å². The van der Waals surface area contributed by atoms with Crippen molar-refractivity contribution in [2.24, 2.45) is 0 Å². The van der Waals surface area contributed by atoms with Gasteiger partial charge < -0.3 is 10.2 Å². The standard InChI is InChI=1S/C27H29ClN2O/c1-17(2)20-5-7-21(8-6-20)22-9-14-27-25(16-22)26(15-18(3)30(27)19(4)31)29-24-12-10-23(28)11-13-24/h5-14,16-18,26,29H,15H2,1-4H3/t18-,26?/m0/s1. The van der Waals surface area contributed by atoms with Crippen LogP contribution in [0, 0.1) is 0 Å². The van der Waals surface area contributed by atoms with E-state index in [0.29, 0.717) is 5.92 Å². The largest absolute Gasteiger partial charge is 0.378 e. The Morgan fingerprint density at radius 2 is 1.65 bits per heavy atom. The van der Waals surface area contributed by atoms with E-state index in [0.717, 1.165) is 33.9 Å². The third kappa shape index (κ3) is 4.47. The molecule has 160 valence electrons. The maximum absolute atomic E-state index is 12.4. The fraction of sp³-hybridized carbons (Fsp3) is 0.296. The van der Waals surface area contributed by atoms with Gasteiger partial charge >= 0.3 is 0 Å². The first-order chi connectivity index (χ1) is 14.8. The Bertz CT molecular complexity index is 1070. The number of nitrogens with zero attached hydrogens (tertiary/aromatic N) is 1. The first-order valence-corrected chi connectivity index (χ1v) is 11.3. The zero-order valence-electron chi connectivity index (χ0n) is 18.5. The SMILES string of the molecule is CC(=O)N1c2ccc(-c3ccc(C(C)C)cc3)cc2C(Nc2ccc(Cl)cc2)C[C@@H]1C. The number of benzene rings is 3. The maximum Gasteiger partial charge on any atom is 0.224 e. The molecule has 1 aliphatic heterocycles. The van der Waals surface area contributed by atoms with Gasteiger partial charge in [0.15, 0.2) is 0 Å². The van der Waals surface area contributed by atoms with E-state index in [9.17, 15) is 4.79 Å². The Labute approximate surface area is 190 Å². The summed E-state index contributed by atoms with van der Waals surface area (Å²) in [7, 11) is 0. The van der Waals surface area contributed by atoms with E-state index >= 15 is 0 Å². The first kappa shape index (κ1) is 21.5. The number of anilines is 2. The third-order valence-electron chi connectivity index (χ3n) is 6.12. The number of halogens is 1. The number of nitrogens with one attached hydrogen (secondary N) is 1. The highest BCUT2D eigenvalue weighted by atomic mass is 35.5. The summed E-state index contributed by atoms with van der Waals surface area (Å²) in [5.74, 6) is 0.587. The van der Waals surface area contributed by atoms with Gasteiger partial charge in [0.1, 0.15) is 0 Å². The summed E-state index contributed by atoms with van der Waals surface area (Å²) in [6, 6.07) is 23.2.